The van der Waals surface area contributed by atoms with Crippen LogP contribution in [0.1, 0.15) is 24.5 Å². The highest BCUT2D eigenvalue weighted by Gasteiger charge is 2.28. The quantitative estimate of drug-likeness (QED) is 0.777. The molecule has 0 aromatic heterocycles. The third-order valence-corrected chi connectivity index (χ3v) is 4.46. The van der Waals surface area contributed by atoms with Gasteiger partial charge in [-0.25, -0.2) is 0 Å². The Morgan fingerprint density at radius 1 is 1.44 bits per heavy atom. The number of primary amides is 1. The summed E-state index contributed by atoms with van der Waals surface area (Å²) in [5.41, 5.74) is 7.34. The molecule has 0 aliphatic heterocycles. The molecule has 4 heteroatoms. The van der Waals surface area contributed by atoms with E-state index < -0.39 is 5.54 Å². The summed E-state index contributed by atoms with van der Waals surface area (Å²) < 4.78 is 0. The van der Waals surface area contributed by atoms with Gasteiger partial charge in [-0.2, -0.15) is 0 Å². The summed E-state index contributed by atoms with van der Waals surface area (Å²) in [4.78, 5) is 12.6. The average molecular weight is 266 g/mol. The van der Waals surface area contributed by atoms with E-state index in [0.29, 0.717) is 0 Å². The van der Waals surface area contributed by atoms with Crippen LogP contribution in [-0.2, 0) is 4.79 Å². The van der Waals surface area contributed by atoms with Crippen LogP contribution in [0.4, 0.5) is 0 Å². The van der Waals surface area contributed by atoms with Crippen molar-refractivity contribution in [3.05, 3.63) is 29.3 Å². The minimum atomic E-state index is -0.619. The number of thioether (sulfide) groups is 1. The van der Waals surface area contributed by atoms with Crippen LogP contribution in [0.5, 0.6) is 0 Å². The zero-order valence-corrected chi connectivity index (χ0v) is 12.4. The lowest BCUT2D eigenvalue weighted by molar-refractivity contribution is -0.123. The summed E-state index contributed by atoms with van der Waals surface area (Å²) in [5.74, 6) is 0.565. The zero-order valence-electron chi connectivity index (χ0n) is 11.5. The fourth-order valence-corrected chi connectivity index (χ4v) is 2.88. The van der Waals surface area contributed by atoms with E-state index in [1.807, 2.05) is 6.92 Å². The maximum atomic E-state index is 11.4. The Labute approximate surface area is 114 Å². The van der Waals surface area contributed by atoms with Crippen LogP contribution >= 0.6 is 11.8 Å². The van der Waals surface area contributed by atoms with Gasteiger partial charge in [0, 0.05) is 10.6 Å². The van der Waals surface area contributed by atoms with Crippen molar-refractivity contribution in [1.29, 1.82) is 0 Å². The Hall–Kier alpha value is -1.00. The molecule has 3 nitrogen and oxygen atoms in total. The van der Waals surface area contributed by atoms with Crippen LogP contribution in [0.15, 0.2) is 23.1 Å². The smallest absolute Gasteiger partial charge is 0.237 e. The fourth-order valence-electron chi connectivity index (χ4n) is 1.70. The molecule has 0 saturated heterocycles. The lowest BCUT2D eigenvalue weighted by Gasteiger charge is -2.25. The minimum Gasteiger partial charge on any atom is -0.368 e. The molecule has 1 rings (SSSR count). The van der Waals surface area contributed by atoms with Crippen molar-refractivity contribution in [2.45, 2.75) is 37.6 Å². The van der Waals surface area contributed by atoms with Gasteiger partial charge in [0.25, 0.3) is 0 Å². The van der Waals surface area contributed by atoms with Crippen molar-refractivity contribution < 1.29 is 4.79 Å². The van der Waals surface area contributed by atoms with Gasteiger partial charge in [0.15, 0.2) is 0 Å². The van der Waals surface area contributed by atoms with Gasteiger partial charge in [0.05, 0.1) is 5.54 Å². The highest BCUT2D eigenvalue weighted by Crippen LogP contribution is 2.25. The molecule has 0 aliphatic rings. The predicted octanol–water partition coefficient (Wildman–Crippen LogP) is 2.25. The second-order valence-corrected chi connectivity index (χ2v) is 5.95. The van der Waals surface area contributed by atoms with Gasteiger partial charge in [-0.3, -0.25) is 4.79 Å². The van der Waals surface area contributed by atoms with E-state index in [1.54, 1.807) is 18.8 Å². The molecule has 1 aromatic rings. The number of hydrogen-bond acceptors (Lipinski definition) is 3. The molecule has 0 radical (unpaired) electrons. The molecule has 1 amide bonds. The third-order valence-electron chi connectivity index (χ3n) is 3.29. The van der Waals surface area contributed by atoms with Crippen LogP contribution in [0.25, 0.3) is 0 Å². The number of nitrogens with one attached hydrogen (secondary N) is 1. The first-order valence-corrected chi connectivity index (χ1v) is 7.06. The minimum absolute atomic E-state index is 0.300. The Morgan fingerprint density at radius 3 is 2.61 bits per heavy atom. The Morgan fingerprint density at radius 2 is 2.11 bits per heavy atom. The van der Waals surface area contributed by atoms with Crippen LogP contribution in [0.2, 0.25) is 0 Å². The number of nitrogens with two attached hydrogens (primary N) is 1. The molecule has 3 N–H and O–H groups in total. The Bertz CT molecular complexity index is 434. The van der Waals surface area contributed by atoms with E-state index in [0.717, 1.165) is 12.2 Å². The summed E-state index contributed by atoms with van der Waals surface area (Å²) in [6.07, 6.45) is 0.719. The van der Waals surface area contributed by atoms with Crippen LogP contribution < -0.4 is 11.1 Å². The number of carbonyl (C=O) groups excluding carboxylic acids is 1. The topological polar surface area (TPSA) is 55.1 Å². The zero-order chi connectivity index (χ0) is 13.8. The third kappa shape index (κ3) is 3.75. The molecular weight excluding hydrogens is 244 g/mol. The van der Waals surface area contributed by atoms with E-state index in [-0.39, 0.29) is 5.91 Å². The molecule has 0 bridgehead atoms. The van der Waals surface area contributed by atoms with Gasteiger partial charge >= 0.3 is 0 Å². The highest BCUT2D eigenvalue weighted by atomic mass is 32.2. The second kappa shape index (κ2) is 6.25. The summed E-state index contributed by atoms with van der Waals surface area (Å²) in [7, 11) is 1.77. The standard InChI is InChI=1S/C14H22N2OS/c1-10-5-6-12(11(2)9-10)18-8-7-14(3,16-4)13(15)17/h5-6,9,16H,7-8H2,1-4H3,(H2,15,17). The molecule has 0 aliphatic carbocycles. The molecule has 1 aromatic carbocycles. The monoisotopic (exact) mass is 266 g/mol. The summed E-state index contributed by atoms with van der Waals surface area (Å²) in [5, 5.41) is 3.00. The molecule has 0 fully saturated rings. The summed E-state index contributed by atoms with van der Waals surface area (Å²) >= 11 is 1.77. The number of amides is 1. The first kappa shape index (κ1) is 15.1. The number of aryl methyl sites for hydroxylation is 2. The van der Waals surface area contributed by atoms with E-state index >= 15 is 0 Å². The molecule has 1 atom stereocenters. The molecule has 0 spiro atoms. The predicted molar refractivity (Wildman–Crippen MR) is 77.9 cm³/mol. The number of likely N-dealkylation sites (N-methyl/N-ethyl adjacent to an activating group) is 1. The van der Waals surface area contributed by atoms with Gasteiger partial charge in [0.2, 0.25) is 5.91 Å². The number of carbonyl (C=O) groups is 1. The molecule has 1 unspecified atom stereocenters. The van der Waals surface area contributed by atoms with Crippen LogP contribution in [-0.4, -0.2) is 24.2 Å². The van der Waals surface area contributed by atoms with Gasteiger partial charge in [-0.1, -0.05) is 17.7 Å². The Kier molecular flexibility index (Phi) is 5.23. The van der Waals surface area contributed by atoms with Crippen molar-refractivity contribution in [3.63, 3.8) is 0 Å². The van der Waals surface area contributed by atoms with Gasteiger partial charge in [-0.15, -0.1) is 11.8 Å². The van der Waals surface area contributed by atoms with Gasteiger partial charge in [-0.05, 0) is 45.9 Å². The van der Waals surface area contributed by atoms with Crippen molar-refractivity contribution in [1.82, 2.24) is 5.32 Å². The first-order valence-electron chi connectivity index (χ1n) is 6.08. The maximum absolute atomic E-state index is 11.4. The number of rotatable bonds is 6. The summed E-state index contributed by atoms with van der Waals surface area (Å²) in [6.45, 7) is 6.05. The SMILES string of the molecule is CNC(C)(CCSc1ccc(C)cc1C)C(N)=O. The molecular formula is C14H22N2OS. The first-order chi connectivity index (χ1) is 8.39. The lowest BCUT2D eigenvalue weighted by Crippen LogP contribution is -2.51. The van der Waals surface area contributed by atoms with Crippen LogP contribution in [0.3, 0.4) is 0 Å². The van der Waals surface area contributed by atoms with Gasteiger partial charge in [0.1, 0.15) is 0 Å². The highest BCUT2D eigenvalue weighted by molar-refractivity contribution is 7.99. The fraction of sp³-hybridized carbons (Fsp3) is 0.500. The number of benzene rings is 1. The van der Waals surface area contributed by atoms with Crippen molar-refractivity contribution in [2.75, 3.05) is 12.8 Å². The van der Waals surface area contributed by atoms with Crippen molar-refractivity contribution in [2.24, 2.45) is 5.73 Å². The molecule has 100 valence electrons. The van der Waals surface area contributed by atoms with E-state index in [4.69, 9.17) is 5.73 Å². The molecule has 0 heterocycles. The van der Waals surface area contributed by atoms with Crippen molar-refractivity contribution >= 4 is 17.7 Å². The lowest BCUT2D eigenvalue weighted by atomic mass is 9.99. The van der Waals surface area contributed by atoms with Gasteiger partial charge < -0.3 is 11.1 Å². The average Bonchev–Trinajstić information content (AvgIpc) is 2.31. The van der Waals surface area contributed by atoms with E-state index in [1.165, 1.54) is 16.0 Å². The normalized spacial score (nSPS) is 14.2. The molecule has 0 saturated carbocycles. The largest absolute Gasteiger partial charge is 0.368 e. The summed E-state index contributed by atoms with van der Waals surface area (Å²) in [6, 6.07) is 6.42. The van der Waals surface area contributed by atoms with E-state index in [2.05, 4.69) is 37.4 Å². The molecule has 18 heavy (non-hydrogen) atoms. The van der Waals surface area contributed by atoms with Crippen LogP contribution in [0, 0.1) is 13.8 Å². The van der Waals surface area contributed by atoms with E-state index in [9.17, 15) is 4.79 Å². The number of hydrogen-bond donors (Lipinski definition) is 2. The second-order valence-electron chi connectivity index (χ2n) is 4.81. The Balaban J connectivity index is 2.58. The van der Waals surface area contributed by atoms with Crippen molar-refractivity contribution in [3.8, 4) is 0 Å². The maximum Gasteiger partial charge on any atom is 0.237 e.